The summed E-state index contributed by atoms with van der Waals surface area (Å²) in [5.74, 6) is 1.69. The van der Waals surface area contributed by atoms with E-state index in [2.05, 4.69) is 4.90 Å². The Labute approximate surface area is 169 Å². The molecule has 3 fully saturated rings. The van der Waals surface area contributed by atoms with Gasteiger partial charge in [-0.15, -0.1) is 12.4 Å². The van der Waals surface area contributed by atoms with Crippen LogP contribution >= 0.6 is 12.4 Å². The topological polar surface area (TPSA) is 32.8 Å². The van der Waals surface area contributed by atoms with Gasteiger partial charge in [-0.2, -0.15) is 0 Å². The highest BCUT2D eigenvalue weighted by atomic mass is 35.5. The molecule has 150 valence electrons. The number of carbonyl (C=O) groups is 1. The number of carbonyl (C=O) groups excluding carboxylic acids is 1. The van der Waals surface area contributed by atoms with Crippen molar-refractivity contribution in [3.63, 3.8) is 0 Å². The van der Waals surface area contributed by atoms with E-state index < -0.39 is 0 Å². The van der Waals surface area contributed by atoms with Crippen LogP contribution in [-0.4, -0.2) is 54.5 Å². The zero-order valence-electron chi connectivity index (χ0n) is 16.3. The van der Waals surface area contributed by atoms with Crippen molar-refractivity contribution in [2.45, 2.75) is 57.4 Å². The lowest BCUT2D eigenvalue weighted by atomic mass is 9.88. The first-order valence-electron chi connectivity index (χ1n) is 10.6. The highest BCUT2D eigenvalue weighted by molar-refractivity contribution is 5.94. The third kappa shape index (κ3) is 5.17. The van der Waals surface area contributed by atoms with E-state index in [4.69, 9.17) is 4.74 Å². The molecule has 3 aliphatic heterocycles. The fourth-order valence-electron chi connectivity index (χ4n) is 4.80. The third-order valence-electron chi connectivity index (χ3n) is 6.38. The molecule has 5 heteroatoms. The lowest BCUT2D eigenvalue weighted by Gasteiger charge is -2.42. The van der Waals surface area contributed by atoms with Gasteiger partial charge in [0, 0.05) is 37.2 Å². The Morgan fingerprint density at radius 1 is 0.926 bits per heavy atom. The van der Waals surface area contributed by atoms with Crippen molar-refractivity contribution in [1.82, 2.24) is 9.80 Å². The molecular formula is C22H33ClN2O2. The van der Waals surface area contributed by atoms with Crippen LogP contribution < -0.4 is 4.74 Å². The normalized spacial score (nSPS) is 26.0. The number of amides is 1. The van der Waals surface area contributed by atoms with Gasteiger partial charge >= 0.3 is 0 Å². The quantitative estimate of drug-likeness (QED) is 0.762. The average Bonchev–Trinajstić information content (AvgIpc) is 2.72. The second kappa shape index (κ2) is 9.79. The molecule has 2 atom stereocenters. The fraction of sp³-hybridized carbons (Fsp3) is 0.682. The maximum absolute atomic E-state index is 12.5. The number of benzene rings is 1. The average molecular weight is 393 g/mol. The highest BCUT2D eigenvalue weighted by Gasteiger charge is 2.30. The van der Waals surface area contributed by atoms with Crippen molar-refractivity contribution >= 4 is 18.3 Å². The molecular weight excluding hydrogens is 360 g/mol. The Morgan fingerprint density at radius 2 is 1.67 bits per heavy atom. The van der Waals surface area contributed by atoms with Crippen LogP contribution in [0.15, 0.2) is 24.3 Å². The van der Waals surface area contributed by atoms with Crippen LogP contribution in [0.4, 0.5) is 0 Å². The summed E-state index contributed by atoms with van der Waals surface area (Å²) >= 11 is 0. The molecule has 3 heterocycles. The zero-order chi connectivity index (χ0) is 17.8. The summed E-state index contributed by atoms with van der Waals surface area (Å²) in [5, 5.41) is 0. The van der Waals surface area contributed by atoms with Crippen LogP contribution in [0.3, 0.4) is 0 Å². The Morgan fingerprint density at radius 3 is 2.44 bits per heavy atom. The second-order valence-corrected chi connectivity index (χ2v) is 8.28. The number of likely N-dealkylation sites (tertiary alicyclic amines) is 1. The number of piperidine rings is 3. The van der Waals surface area contributed by atoms with Gasteiger partial charge in [0.1, 0.15) is 5.75 Å². The molecule has 0 spiro atoms. The van der Waals surface area contributed by atoms with Gasteiger partial charge in [-0.3, -0.25) is 9.69 Å². The molecule has 0 saturated carbocycles. The first-order valence-corrected chi connectivity index (χ1v) is 10.6. The van der Waals surface area contributed by atoms with Crippen molar-refractivity contribution in [2.24, 2.45) is 5.92 Å². The molecule has 1 aromatic carbocycles. The lowest BCUT2D eigenvalue weighted by Crippen LogP contribution is -2.47. The molecule has 3 saturated heterocycles. The molecule has 0 aromatic heterocycles. The van der Waals surface area contributed by atoms with Crippen molar-refractivity contribution in [1.29, 1.82) is 0 Å². The standard InChI is InChI=1S/C22H32N2O2.ClH/c25-22(23-13-3-1-4-14-23)19-8-11-21(12-9-19)26-17-18-7-10-20-6-2-5-15-24(20)16-18;/h8-9,11-12,18,20H,1-7,10,13-17H2;1H/t18-,20-;/m0./s1. The molecule has 1 aromatic rings. The van der Waals surface area contributed by atoms with E-state index in [1.807, 2.05) is 29.2 Å². The van der Waals surface area contributed by atoms with Crippen LogP contribution in [0, 0.1) is 5.92 Å². The maximum Gasteiger partial charge on any atom is 0.253 e. The number of nitrogens with zero attached hydrogens (tertiary/aromatic N) is 2. The van der Waals surface area contributed by atoms with E-state index in [0.717, 1.165) is 49.9 Å². The summed E-state index contributed by atoms with van der Waals surface area (Å²) in [6, 6.07) is 8.61. The van der Waals surface area contributed by atoms with Crippen LogP contribution in [0.2, 0.25) is 0 Å². The van der Waals surface area contributed by atoms with Gasteiger partial charge in [0.05, 0.1) is 6.61 Å². The molecule has 0 aliphatic carbocycles. The highest BCUT2D eigenvalue weighted by Crippen LogP contribution is 2.29. The van der Waals surface area contributed by atoms with Gasteiger partial charge < -0.3 is 9.64 Å². The van der Waals surface area contributed by atoms with Crippen molar-refractivity contribution in [2.75, 3.05) is 32.8 Å². The number of ether oxygens (including phenoxy) is 1. The van der Waals surface area contributed by atoms with E-state index >= 15 is 0 Å². The van der Waals surface area contributed by atoms with Crippen LogP contribution in [-0.2, 0) is 0 Å². The van der Waals surface area contributed by atoms with Gasteiger partial charge in [-0.1, -0.05) is 6.42 Å². The smallest absolute Gasteiger partial charge is 0.253 e. The Bertz CT molecular complexity index is 601. The minimum atomic E-state index is 0. The third-order valence-corrected chi connectivity index (χ3v) is 6.38. The van der Waals surface area contributed by atoms with Crippen molar-refractivity contribution < 1.29 is 9.53 Å². The number of rotatable bonds is 4. The van der Waals surface area contributed by atoms with Crippen LogP contribution in [0.1, 0.15) is 61.7 Å². The number of hydrogen-bond acceptors (Lipinski definition) is 3. The number of fused-ring (bicyclic) bond motifs is 1. The summed E-state index contributed by atoms with van der Waals surface area (Å²) in [6.45, 7) is 5.06. The van der Waals surface area contributed by atoms with Gasteiger partial charge in [-0.25, -0.2) is 0 Å². The Balaban J connectivity index is 0.00000210. The van der Waals surface area contributed by atoms with Crippen molar-refractivity contribution in [3.8, 4) is 5.75 Å². The van der Waals surface area contributed by atoms with Gasteiger partial charge in [-0.05, 0) is 75.8 Å². The molecule has 0 unspecified atom stereocenters. The molecule has 4 rings (SSSR count). The largest absolute Gasteiger partial charge is 0.493 e. The molecule has 4 nitrogen and oxygen atoms in total. The van der Waals surface area contributed by atoms with E-state index in [0.29, 0.717) is 5.92 Å². The monoisotopic (exact) mass is 392 g/mol. The van der Waals surface area contributed by atoms with Crippen LogP contribution in [0.5, 0.6) is 5.75 Å². The summed E-state index contributed by atoms with van der Waals surface area (Å²) in [5.41, 5.74) is 0.785. The predicted octanol–water partition coefficient (Wildman–Crippen LogP) is 4.38. The molecule has 27 heavy (non-hydrogen) atoms. The SMILES string of the molecule is Cl.O=C(c1ccc(OC[C@H]2CC[C@@H]3CCCCN3C2)cc1)N1CCCCC1. The van der Waals surface area contributed by atoms with Gasteiger partial charge in [0.15, 0.2) is 0 Å². The predicted molar refractivity (Wildman–Crippen MR) is 111 cm³/mol. The first kappa shape index (κ1) is 20.5. The van der Waals surface area contributed by atoms with E-state index in [1.165, 1.54) is 51.6 Å². The van der Waals surface area contributed by atoms with E-state index in [1.54, 1.807) is 0 Å². The van der Waals surface area contributed by atoms with E-state index in [9.17, 15) is 4.79 Å². The number of halogens is 1. The van der Waals surface area contributed by atoms with Gasteiger partial charge in [0.2, 0.25) is 0 Å². The first-order chi connectivity index (χ1) is 12.8. The summed E-state index contributed by atoms with van der Waals surface area (Å²) < 4.78 is 6.05. The Hall–Kier alpha value is -1.26. The summed E-state index contributed by atoms with van der Waals surface area (Å²) in [7, 11) is 0. The van der Waals surface area contributed by atoms with Crippen molar-refractivity contribution in [3.05, 3.63) is 29.8 Å². The summed E-state index contributed by atoms with van der Waals surface area (Å²) in [6.07, 6.45) is 10.3. The van der Waals surface area contributed by atoms with Crippen LogP contribution in [0.25, 0.3) is 0 Å². The minimum Gasteiger partial charge on any atom is -0.493 e. The van der Waals surface area contributed by atoms with E-state index in [-0.39, 0.29) is 18.3 Å². The molecule has 3 aliphatic rings. The summed E-state index contributed by atoms with van der Waals surface area (Å²) in [4.78, 5) is 17.2. The molecule has 1 amide bonds. The molecule has 0 bridgehead atoms. The lowest BCUT2D eigenvalue weighted by molar-refractivity contribution is 0.0565. The fourth-order valence-corrected chi connectivity index (χ4v) is 4.80. The second-order valence-electron chi connectivity index (χ2n) is 8.28. The molecule has 0 radical (unpaired) electrons. The molecule has 0 N–H and O–H groups in total. The Kier molecular flexibility index (Phi) is 7.42. The minimum absolute atomic E-state index is 0. The zero-order valence-corrected chi connectivity index (χ0v) is 17.1. The van der Waals surface area contributed by atoms with Gasteiger partial charge in [0.25, 0.3) is 5.91 Å². The maximum atomic E-state index is 12.5. The number of hydrogen-bond donors (Lipinski definition) is 0.